The number of aromatic nitrogens is 3. The molecule has 0 unspecified atom stereocenters. The fraction of sp³-hybridized carbons (Fsp3) is 0.640. The number of carbonyl (C=O) groups excluding carboxylic acids is 1. The number of halogens is 5. The Kier molecular flexibility index (Phi) is 9.24. The van der Waals surface area contributed by atoms with Crippen LogP contribution in [0.25, 0.3) is 11.3 Å². The van der Waals surface area contributed by atoms with Gasteiger partial charge in [0.25, 0.3) is 5.91 Å². The third-order valence-electron chi connectivity index (χ3n) is 6.72. The van der Waals surface area contributed by atoms with Gasteiger partial charge in [-0.15, -0.1) is 0 Å². The van der Waals surface area contributed by atoms with Crippen LogP contribution >= 0.6 is 11.6 Å². The van der Waals surface area contributed by atoms with Crippen LogP contribution in [-0.2, 0) is 13.0 Å². The lowest BCUT2D eigenvalue weighted by molar-refractivity contribution is -0.0496. The number of aryl methyl sites for hydroxylation is 1. The molecule has 1 amide bonds. The number of carbonyl (C=O) groups is 1. The smallest absolute Gasteiger partial charge is 0.387 e. The van der Waals surface area contributed by atoms with Gasteiger partial charge in [0, 0.05) is 42.9 Å². The first-order chi connectivity index (χ1) is 16.9. The zero-order chi connectivity index (χ0) is 26.6. The van der Waals surface area contributed by atoms with Crippen LogP contribution in [0.15, 0.2) is 12.3 Å². The molecule has 11 heteroatoms. The second-order valence-electron chi connectivity index (χ2n) is 10.2. The SMILES string of the molecule is CCn1nc(C(=O)NCC2CCC(C)CC2)c(Cl)c1-c1cnc(CC(C)(C)C(F)F)cc1OC(F)F. The Hall–Kier alpha value is -2.36. The van der Waals surface area contributed by atoms with E-state index in [0.29, 0.717) is 18.4 Å². The Bertz CT molecular complexity index is 1050. The highest BCUT2D eigenvalue weighted by Crippen LogP contribution is 2.39. The van der Waals surface area contributed by atoms with Crippen molar-refractivity contribution in [3.8, 4) is 17.0 Å². The summed E-state index contributed by atoms with van der Waals surface area (Å²) in [7, 11) is 0. The van der Waals surface area contributed by atoms with E-state index >= 15 is 0 Å². The van der Waals surface area contributed by atoms with Crippen LogP contribution in [0.3, 0.4) is 0 Å². The van der Waals surface area contributed by atoms with Gasteiger partial charge in [0.05, 0.1) is 16.3 Å². The van der Waals surface area contributed by atoms with Crippen LogP contribution in [0, 0.1) is 17.3 Å². The van der Waals surface area contributed by atoms with Gasteiger partial charge in [0.1, 0.15) is 5.75 Å². The molecule has 0 saturated heterocycles. The first kappa shape index (κ1) is 28.2. The van der Waals surface area contributed by atoms with Gasteiger partial charge in [-0.3, -0.25) is 14.5 Å². The van der Waals surface area contributed by atoms with Crippen molar-refractivity contribution in [2.24, 2.45) is 17.3 Å². The quantitative estimate of drug-likeness (QED) is 0.350. The van der Waals surface area contributed by atoms with Gasteiger partial charge in [0.2, 0.25) is 6.43 Å². The van der Waals surface area contributed by atoms with Crippen molar-refractivity contribution < 1.29 is 27.1 Å². The summed E-state index contributed by atoms with van der Waals surface area (Å²) in [6.45, 7) is 4.34. The van der Waals surface area contributed by atoms with E-state index in [4.69, 9.17) is 16.3 Å². The molecule has 0 atom stereocenters. The lowest BCUT2D eigenvalue weighted by Crippen LogP contribution is -2.31. The van der Waals surface area contributed by atoms with E-state index in [1.807, 2.05) is 0 Å². The van der Waals surface area contributed by atoms with E-state index in [0.717, 1.165) is 25.7 Å². The molecular weight excluding hydrogens is 500 g/mol. The molecule has 0 bridgehead atoms. The molecule has 0 aliphatic heterocycles. The van der Waals surface area contributed by atoms with Crippen LogP contribution < -0.4 is 10.1 Å². The van der Waals surface area contributed by atoms with Crippen LogP contribution in [0.4, 0.5) is 17.6 Å². The lowest BCUT2D eigenvalue weighted by Gasteiger charge is -2.26. The molecule has 0 radical (unpaired) electrons. The van der Waals surface area contributed by atoms with E-state index in [1.54, 1.807) is 6.92 Å². The molecule has 0 spiro atoms. The number of amides is 1. The average Bonchev–Trinajstić information content (AvgIpc) is 3.14. The van der Waals surface area contributed by atoms with Crippen molar-refractivity contribution >= 4 is 17.5 Å². The maximum atomic E-state index is 13.3. The molecule has 2 heterocycles. The van der Waals surface area contributed by atoms with Crippen molar-refractivity contribution in [3.63, 3.8) is 0 Å². The first-order valence-electron chi connectivity index (χ1n) is 12.2. The molecule has 2 aromatic heterocycles. The second kappa shape index (κ2) is 11.8. The van der Waals surface area contributed by atoms with E-state index < -0.39 is 24.4 Å². The minimum atomic E-state index is -3.17. The number of pyridine rings is 1. The van der Waals surface area contributed by atoms with Crippen molar-refractivity contribution in [1.29, 1.82) is 0 Å². The molecule has 1 N–H and O–H groups in total. The predicted octanol–water partition coefficient (Wildman–Crippen LogP) is 6.61. The summed E-state index contributed by atoms with van der Waals surface area (Å²) >= 11 is 6.56. The molecule has 1 aliphatic carbocycles. The van der Waals surface area contributed by atoms with Crippen molar-refractivity contribution in [3.05, 3.63) is 28.7 Å². The fourth-order valence-corrected chi connectivity index (χ4v) is 4.74. The molecule has 200 valence electrons. The second-order valence-corrected chi connectivity index (χ2v) is 10.6. The summed E-state index contributed by atoms with van der Waals surface area (Å²) < 4.78 is 59.3. The topological polar surface area (TPSA) is 69.0 Å². The lowest BCUT2D eigenvalue weighted by atomic mass is 9.83. The predicted molar refractivity (Wildman–Crippen MR) is 130 cm³/mol. The number of alkyl halides is 4. The summed E-state index contributed by atoms with van der Waals surface area (Å²) in [4.78, 5) is 17.1. The van der Waals surface area contributed by atoms with Crippen molar-refractivity contribution in [2.75, 3.05) is 6.54 Å². The Morgan fingerprint density at radius 3 is 2.50 bits per heavy atom. The monoisotopic (exact) mass is 532 g/mol. The van der Waals surface area contributed by atoms with Crippen LogP contribution in [-0.4, -0.2) is 40.3 Å². The maximum absolute atomic E-state index is 13.3. The molecule has 0 aromatic carbocycles. The third-order valence-corrected chi connectivity index (χ3v) is 7.08. The van der Waals surface area contributed by atoms with E-state index in [1.165, 1.54) is 30.8 Å². The highest BCUT2D eigenvalue weighted by atomic mass is 35.5. The molecule has 3 rings (SSSR count). The number of hydrogen-bond acceptors (Lipinski definition) is 4. The van der Waals surface area contributed by atoms with Gasteiger partial charge in [0.15, 0.2) is 5.69 Å². The Morgan fingerprint density at radius 2 is 1.92 bits per heavy atom. The minimum Gasteiger partial charge on any atom is -0.434 e. The molecular formula is C25H33ClF4N4O2. The third kappa shape index (κ3) is 6.69. The number of hydrogen-bond donors (Lipinski definition) is 1. The van der Waals surface area contributed by atoms with Gasteiger partial charge in [-0.25, -0.2) is 8.78 Å². The van der Waals surface area contributed by atoms with Gasteiger partial charge in [-0.1, -0.05) is 45.2 Å². The summed E-state index contributed by atoms with van der Waals surface area (Å²) in [5.41, 5.74) is -0.991. The molecule has 1 saturated carbocycles. The van der Waals surface area contributed by atoms with Gasteiger partial charge in [-0.2, -0.15) is 13.9 Å². The first-order valence-corrected chi connectivity index (χ1v) is 12.6. The zero-order valence-electron chi connectivity index (χ0n) is 21.0. The molecule has 36 heavy (non-hydrogen) atoms. The van der Waals surface area contributed by atoms with Gasteiger partial charge in [-0.05, 0) is 31.6 Å². The van der Waals surface area contributed by atoms with Gasteiger partial charge >= 0.3 is 6.61 Å². The minimum absolute atomic E-state index is 0.0202. The van der Waals surface area contributed by atoms with Crippen LogP contribution in [0.1, 0.15) is 69.6 Å². The Labute approximate surface area is 213 Å². The van der Waals surface area contributed by atoms with E-state index in [2.05, 4.69) is 22.3 Å². The van der Waals surface area contributed by atoms with Crippen LogP contribution in [0.2, 0.25) is 5.02 Å². The van der Waals surface area contributed by atoms with Crippen molar-refractivity contribution in [1.82, 2.24) is 20.1 Å². The van der Waals surface area contributed by atoms with E-state index in [9.17, 15) is 22.4 Å². The normalized spacial score (nSPS) is 18.6. The number of nitrogens with one attached hydrogen (secondary N) is 1. The van der Waals surface area contributed by atoms with Crippen molar-refractivity contribution in [2.45, 2.75) is 79.4 Å². The Morgan fingerprint density at radius 1 is 1.25 bits per heavy atom. The Balaban J connectivity index is 1.90. The summed E-state index contributed by atoms with van der Waals surface area (Å²) in [6.07, 6.45) is 2.79. The summed E-state index contributed by atoms with van der Waals surface area (Å²) in [6, 6.07) is 1.21. The highest BCUT2D eigenvalue weighted by molar-refractivity contribution is 6.36. The largest absolute Gasteiger partial charge is 0.434 e. The van der Waals surface area contributed by atoms with Gasteiger partial charge < -0.3 is 10.1 Å². The molecule has 6 nitrogen and oxygen atoms in total. The zero-order valence-corrected chi connectivity index (χ0v) is 21.7. The number of ether oxygens (including phenoxy) is 1. The molecule has 2 aromatic rings. The molecule has 1 fully saturated rings. The van der Waals surface area contributed by atoms with E-state index in [-0.39, 0.29) is 46.4 Å². The van der Waals surface area contributed by atoms with Crippen LogP contribution in [0.5, 0.6) is 5.75 Å². The molecule has 1 aliphatic rings. The number of nitrogens with zero attached hydrogens (tertiary/aromatic N) is 3. The highest BCUT2D eigenvalue weighted by Gasteiger charge is 2.32. The fourth-order valence-electron chi connectivity index (χ4n) is 4.41. The maximum Gasteiger partial charge on any atom is 0.387 e. The summed E-state index contributed by atoms with van der Waals surface area (Å²) in [5, 5.41) is 7.18. The standard InChI is InChI=1S/C25H33ClF4N4O2/c1-5-34-21(19(26)20(33-34)22(35)32-12-15-8-6-14(2)7-9-15)17-13-31-16(10-18(17)36-24(29)30)11-25(3,4)23(27)28/h10,13-15,23-24H,5-9,11-12H2,1-4H3,(H,32,35). The summed E-state index contributed by atoms with van der Waals surface area (Å²) in [5.74, 6) is 0.351. The number of rotatable bonds is 10. The average molecular weight is 533 g/mol.